The lowest BCUT2D eigenvalue weighted by Gasteiger charge is -2.48. The molecule has 18 heteroatoms. The summed E-state index contributed by atoms with van der Waals surface area (Å²) in [6.45, 7) is 3.84. The second kappa shape index (κ2) is 15.9. The van der Waals surface area contributed by atoms with Crippen LogP contribution >= 0.6 is 0 Å². The van der Waals surface area contributed by atoms with Gasteiger partial charge in [-0.3, -0.25) is 9.59 Å². The van der Waals surface area contributed by atoms with E-state index in [0.717, 1.165) is 6.92 Å². The van der Waals surface area contributed by atoms with E-state index in [1.54, 1.807) is 0 Å². The fourth-order valence-electron chi connectivity index (χ4n) is 5.05. The minimum Gasteiger partial charge on any atom is -0.394 e. The molecule has 0 aromatic carbocycles. The number of amides is 2. The molecule has 248 valence electrons. The van der Waals surface area contributed by atoms with Crippen LogP contribution in [0, 0.1) is 0 Å². The van der Waals surface area contributed by atoms with Crippen molar-refractivity contribution in [2.75, 3.05) is 26.4 Å². The molecule has 3 aliphatic heterocycles. The third-order valence-electron chi connectivity index (χ3n) is 7.24. The molecular formula is C25H42N2O16. The Morgan fingerprint density at radius 3 is 1.77 bits per heavy atom. The highest BCUT2D eigenvalue weighted by Gasteiger charge is 2.52. The largest absolute Gasteiger partial charge is 0.394 e. The lowest BCUT2D eigenvalue weighted by atomic mass is 9.95. The number of rotatable bonds is 12. The summed E-state index contributed by atoms with van der Waals surface area (Å²) in [4.78, 5) is 23.8. The zero-order valence-corrected chi connectivity index (χ0v) is 23.6. The monoisotopic (exact) mass is 626 g/mol. The van der Waals surface area contributed by atoms with Crippen molar-refractivity contribution in [3.8, 4) is 0 Å². The molecule has 0 spiro atoms. The van der Waals surface area contributed by atoms with E-state index < -0.39 is 124 Å². The van der Waals surface area contributed by atoms with E-state index in [1.165, 1.54) is 13.0 Å². The summed E-state index contributed by atoms with van der Waals surface area (Å²) in [5.74, 6) is -1.17. The number of nitrogens with one attached hydrogen (secondary N) is 2. The van der Waals surface area contributed by atoms with Gasteiger partial charge in [0.05, 0.1) is 26.4 Å². The first kappa shape index (κ1) is 35.6. The minimum atomic E-state index is -1.84. The molecule has 0 saturated carbocycles. The number of hydrogen-bond acceptors (Lipinski definition) is 16. The maximum Gasteiger partial charge on any atom is 0.217 e. The van der Waals surface area contributed by atoms with Gasteiger partial charge >= 0.3 is 0 Å². The predicted octanol–water partition coefficient (Wildman–Crippen LogP) is -6.08. The van der Waals surface area contributed by atoms with Crippen LogP contribution in [0.2, 0.25) is 0 Å². The highest BCUT2D eigenvalue weighted by molar-refractivity contribution is 5.73. The molecule has 0 bridgehead atoms. The van der Waals surface area contributed by atoms with Gasteiger partial charge in [-0.15, -0.1) is 6.58 Å². The van der Waals surface area contributed by atoms with Crippen molar-refractivity contribution >= 4 is 11.8 Å². The third kappa shape index (κ3) is 8.44. The smallest absolute Gasteiger partial charge is 0.217 e. The molecule has 0 unspecified atom stereocenters. The quantitative estimate of drug-likeness (QED) is 0.0903. The molecular weight excluding hydrogens is 584 g/mol. The maximum absolute atomic E-state index is 12.1. The van der Waals surface area contributed by atoms with Crippen molar-refractivity contribution in [1.29, 1.82) is 0 Å². The second-order valence-electron chi connectivity index (χ2n) is 10.4. The van der Waals surface area contributed by atoms with Gasteiger partial charge in [0.2, 0.25) is 11.8 Å². The molecule has 43 heavy (non-hydrogen) atoms. The van der Waals surface area contributed by atoms with Gasteiger partial charge in [0.1, 0.15) is 73.1 Å². The summed E-state index contributed by atoms with van der Waals surface area (Å²) in [6, 6.07) is -2.54. The number of hydrogen-bond donors (Lipinski definition) is 10. The molecule has 0 radical (unpaired) electrons. The summed E-state index contributed by atoms with van der Waals surface area (Å²) < 4.78 is 34.1. The van der Waals surface area contributed by atoms with E-state index in [4.69, 9.17) is 28.4 Å². The predicted molar refractivity (Wildman–Crippen MR) is 138 cm³/mol. The number of aliphatic hydroxyl groups is 8. The summed E-state index contributed by atoms with van der Waals surface area (Å²) in [5, 5.41) is 87.0. The molecule has 3 heterocycles. The van der Waals surface area contributed by atoms with Crippen molar-refractivity contribution in [1.82, 2.24) is 10.6 Å². The van der Waals surface area contributed by atoms with E-state index in [-0.39, 0.29) is 6.61 Å². The van der Waals surface area contributed by atoms with Crippen LogP contribution in [-0.4, -0.2) is 171 Å². The fraction of sp³-hybridized carbons (Fsp3) is 0.840. The van der Waals surface area contributed by atoms with Crippen LogP contribution in [0.25, 0.3) is 0 Å². The summed E-state index contributed by atoms with van der Waals surface area (Å²) in [5.41, 5.74) is 0. The Balaban J connectivity index is 1.87. The van der Waals surface area contributed by atoms with Crippen LogP contribution < -0.4 is 10.6 Å². The average molecular weight is 627 g/mol. The number of carbonyl (C=O) groups excluding carboxylic acids is 2. The second-order valence-corrected chi connectivity index (χ2v) is 10.4. The first-order chi connectivity index (χ1) is 20.3. The highest BCUT2D eigenvalue weighted by atomic mass is 16.7. The average Bonchev–Trinajstić information content (AvgIpc) is 2.96. The van der Waals surface area contributed by atoms with E-state index >= 15 is 0 Å². The SMILES string of the molecule is C=CCO[C@H]1O[C@H](CO[C@@H]2O[C@H](CO)[C@@H](O)[C@H](O)[C@H]2NC(C)=O)[C@H](O)[C@H](O[C@@H]2O[C@H](CO)[C@H](O)[C@H](O)[C@H]2O)[C@H]1NC(C)=O. The van der Waals surface area contributed by atoms with Crippen LogP contribution in [0.4, 0.5) is 0 Å². The molecule has 3 rings (SSSR count). The van der Waals surface area contributed by atoms with Gasteiger partial charge in [-0.1, -0.05) is 6.08 Å². The molecule has 3 fully saturated rings. The Labute approximate surface area is 246 Å². The van der Waals surface area contributed by atoms with Crippen LogP contribution in [0.5, 0.6) is 0 Å². The van der Waals surface area contributed by atoms with Crippen LogP contribution in [-0.2, 0) is 38.0 Å². The van der Waals surface area contributed by atoms with Gasteiger partial charge in [-0.05, 0) is 0 Å². The van der Waals surface area contributed by atoms with Crippen LogP contribution in [0.15, 0.2) is 12.7 Å². The molecule has 3 saturated heterocycles. The van der Waals surface area contributed by atoms with Crippen molar-refractivity contribution in [3.63, 3.8) is 0 Å². The van der Waals surface area contributed by atoms with Crippen molar-refractivity contribution in [2.24, 2.45) is 0 Å². The summed E-state index contributed by atoms with van der Waals surface area (Å²) in [6.07, 6.45) is -18.7. The van der Waals surface area contributed by atoms with Gasteiger partial charge in [0, 0.05) is 13.8 Å². The molecule has 18 nitrogen and oxygen atoms in total. The van der Waals surface area contributed by atoms with Crippen LogP contribution in [0.3, 0.4) is 0 Å². The topological polar surface area (TPSA) is 275 Å². The van der Waals surface area contributed by atoms with E-state index in [1.807, 2.05) is 0 Å². The Hall–Kier alpha value is -1.88. The molecule has 0 aromatic rings. The zero-order valence-electron chi connectivity index (χ0n) is 23.6. The Morgan fingerprint density at radius 1 is 0.698 bits per heavy atom. The van der Waals surface area contributed by atoms with E-state index in [2.05, 4.69) is 17.2 Å². The lowest BCUT2D eigenvalue weighted by Crippen LogP contribution is -2.68. The normalized spacial score (nSPS) is 43.5. The minimum absolute atomic E-state index is 0.0875. The Kier molecular flexibility index (Phi) is 13.2. The van der Waals surface area contributed by atoms with Gasteiger partial charge in [-0.2, -0.15) is 0 Å². The van der Waals surface area contributed by atoms with Crippen molar-refractivity contribution in [2.45, 2.75) is 106 Å². The maximum atomic E-state index is 12.1. The first-order valence-electron chi connectivity index (χ1n) is 13.6. The number of ether oxygens (including phenoxy) is 6. The Bertz CT molecular complexity index is 928. The van der Waals surface area contributed by atoms with Crippen LogP contribution in [0.1, 0.15) is 13.8 Å². The van der Waals surface area contributed by atoms with E-state index in [0.29, 0.717) is 0 Å². The third-order valence-corrected chi connectivity index (χ3v) is 7.24. The van der Waals surface area contributed by atoms with E-state index in [9.17, 15) is 50.4 Å². The van der Waals surface area contributed by atoms with Gasteiger partial charge < -0.3 is 79.9 Å². The van der Waals surface area contributed by atoms with Crippen molar-refractivity contribution < 1.29 is 78.9 Å². The summed E-state index contributed by atoms with van der Waals surface area (Å²) in [7, 11) is 0. The number of aliphatic hydroxyl groups excluding tert-OH is 8. The number of carbonyl (C=O) groups is 2. The highest BCUT2D eigenvalue weighted by Crippen LogP contribution is 2.31. The molecule has 3 aliphatic rings. The first-order valence-corrected chi connectivity index (χ1v) is 13.6. The Morgan fingerprint density at radius 2 is 1.21 bits per heavy atom. The molecule has 0 aliphatic carbocycles. The molecule has 2 amide bonds. The van der Waals surface area contributed by atoms with Crippen molar-refractivity contribution in [3.05, 3.63) is 12.7 Å². The fourth-order valence-corrected chi connectivity index (χ4v) is 5.05. The lowest BCUT2D eigenvalue weighted by molar-refractivity contribution is -0.348. The molecule has 15 atom stereocenters. The van der Waals surface area contributed by atoms with Gasteiger partial charge in [-0.25, -0.2) is 0 Å². The molecule has 0 aromatic heterocycles. The summed E-state index contributed by atoms with van der Waals surface area (Å²) >= 11 is 0. The molecule has 10 N–H and O–H groups in total. The van der Waals surface area contributed by atoms with Gasteiger partial charge in [0.25, 0.3) is 0 Å². The standard InChI is InChI=1S/C25H42N2O16/c1-4-5-38-24-15(27-10(3)31)22(43-25-21(37)20(36)17(33)12(7-29)41-25)18(34)13(42-24)8-39-23-14(26-9(2)30)19(35)16(32)11(6-28)40-23/h4,11-25,28-29,32-37H,1,5-8H2,2-3H3,(H,26,30)(H,27,31)/t11-,12-,13-,14-,15-,16-,17+,18+,19-,20+,21-,22-,23-,24+,25+/m1/s1. The zero-order chi connectivity index (χ0) is 32.0. The van der Waals surface area contributed by atoms with Gasteiger partial charge in [0.15, 0.2) is 18.9 Å².